The third-order valence-corrected chi connectivity index (χ3v) is 19.5. The largest absolute Gasteiger partial charge is 0.478 e. The van der Waals surface area contributed by atoms with Gasteiger partial charge in [0.05, 0.1) is 102 Å². The van der Waals surface area contributed by atoms with E-state index in [0.717, 1.165) is 0 Å². The predicted octanol–water partition coefficient (Wildman–Crippen LogP) is 12.6. The number of hydrogen-bond donors (Lipinski definition) is 2. The number of ether oxygens (including phenoxy) is 6. The maximum absolute atomic E-state index is 12.6. The molecule has 13 aromatic rings. The number of anilines is 1. The Hall–Kier alpha value is -13.2. The quantitative estimate of drug-likeness (QED) is 0.0322. The summed E-state index contributed by atoms with van der Waals surface area (Å²) in [5.74, 6) is -4.09. The third kappa shape index (κ3) is 25.9. The van der Waals surface area contributed by atoms with Gasteiger partial charge < -0.3 is 38.8 Å². The summed E-state index contributed by atoms with van der Waals surface area (Å²) < 4.78 is 38.1. The fraction of sp³-hybridized carbons (Fsp3) is 0.228. The fourth-order valence-corrected chi connectivity index (χ4v) is 12.6. The van der Waals surface area contributed by atoms with Crippen LogP contribution in [-0.2, 0) is 101 Å². The molecule has 0 spiro atoms. The molecule has 2 N–H and O–H groups in total. The summed E-state index contributed by atoms with van der Waals surface area (Å²) in [5, 5.41) is 44.7. The molecule has 0 radical (unpaired) electrons. The van der Waals surface area contributed by atoms with Crippen molar-refractivity contribution < 1.29 is 71.9 Å². The van der Waals surface area contributed by atoms with Gasteiger partial charge in [-0.05, 0) is 144 Å². The van der Waals surface area contributed by atoms with Crippen molar-refractivity contribution in [3.05, 3.63) is 268 Å². The molecule has 0 bridgehead atoms. The molecular formula is C79H72Br2Cl4N22O15. The molecule has 4 atom stereocenters. The third-order valence-electron chi connectivity index (χ3n) is 17.1. The summed E-state index contributed by atoms with van der Waals surface area (Å²) in [6.07, 6.45) is 12.6. The maximum atomic E-state index is 12.6. The number of nitrogens with one attached hydrogen (secondary N) is 1. The van der Waals surface area contributed by atoms with E-state index in [1.165, 1.54) is 69.9 Å². The number of aromatic nitrogens is 21. The summed E-state index contributed by atoms with van der Waals surface area (Å²) in [6.45, 7) is 6.89. The van der Waals surface area contributed by atoms with Crippen LogP contribution >= 0.6 is 78.3 Å². The van der Waals surface area contributed by atoms with Crippen LogP contribution < -0.4 is 5.32 Å². The van der Waals surface area contributed by atoms with Crippen LogP contribution in [0.1, 0.15) is 139 Å². The van der Waals surface area contributed by atoms with Crippen molar-refractivity contribution in [2.45, 2.75) is 77.8 Å². The maximum Gasteiger partial charge on any atom is 0.339 e. The molecule has 1 amide bonds. The topological polar surface area (TPSA) is 463 Å². The van der Waals surface area contributed by atoms with Crippen LogP contribution in [0, 0.1) is 0 Å². The van der Waals surface area contributed by atoms with Gasteiger partial charge in [-0.25, -0.2) is 39.3 Å². The molecule has 630 valence electrons. The first-order valence-electron chi connectivity index (χ1n) is 35.9. The zero-order valence-electron chi connectivity index (χ0n) is 66.1. The molecule has 13 rings (SSSR count). The van der Waals surface area contributed by atoms with Crippen LogP contribution in [0.5, 0.6) is 0 Å². The Morgan fingerprint density at radius 1 is 0.393 bits per heavy atom. The normalized spacial score (nSPS) is 11.6. The number of halogens is 6. The SMILES string of the molecule is COC(=O)c1ccc(-c2nnn(C)c2CC(=O)O[C@H](C)c2cccnc2Cl)nc1.COC(=O)c1ccc(Br)nc1.C[C@@H](OC(=O)Cc1c(-c2ccc(C(=O)Nc3ccncc3)cn2)nnn1C)c1cccnc1Cl.C[C@@H](OC(=O)Cc1c(-c2ccc(C(=O)O)cn2)nnn1C)c1cccnc1Cl.C[C@@H](OC(=O)Cc1c(Br)nnn1C)c1cccnc1Cl. The van der Waals surface area contributed by atoms with Crippen molar-refractivity contribution >= 4 is 132 Å². The van der Waals surface area contributed by atoms with Gasteiger partial charge in [-0.3, -0.25) is 62.6 Å². The highest BCUT2D eigenvalue weighted by Gasteiger charge is 2.27. The van der Waals surface area contributed by atoms with E-state index in [-0.39, 0.29) is 64.6 Å². The van der Waals surface area contributed by atoms with Crippen molar-refractivity contribution in [2.24, 2.45) is 28.2 Å². The molecular weight excluding hydrogens is 1800 g/mol. The zero-order valence-corrected chi connectivity index (χ0v) is 72.3. The average Bonchev–Trinajstić information content (AvgIpc) is 1.67. The minimum atomic E-state index is -1.08. The molecule has 0 aromatic carbocycles. The molecule has 0 aliphatic heterocycles. The van der Waals surface area contributed by atoms with E-state index < -0.39 is 54.3 Å². The van der Waals surface area contributed by atoms with Gasteiger partial charge in [0.1, 0.15) is 66.7 Å². The second-order valence-electron chi connectivity index (χ2n) is 25.4. The number of carboxylic acids is 1. The van der Waals surface area contributed by atoms with Crippen LogP contribution in [0.25, 0.3) is 34.2 Å². The van der Waals surface area contributed by atoms with Crippen molar-refractivity contribution in [3.63, 3.8) is 0 Å². The van der Waals surface area contributed by atoms with Gasteiger partial charge in [-0.1, -0.05) is 91.5 Å². The van der Waals surface area contributed by atoms with E-state index in [2.05, 4.69) is 133 Å². The van der Waals surface area contributed by atoms with Crippen molar-refractivity contribution in [1.82, 2.24) is 105 Å². The lowest BCUT2D eigenvalue weighted by atomic mass is 10.1. The van der Waals surface area contributed by atoms with Crippen molar-refractivity contribution in [3.8, 4) is 34.2 Å². The molecule has 13 heterocycles. The van der Waals surface area contributed by atoms with Gasteiger partial charge >= 0.3 is 41.8 Å². The number of amides is 1. The molecule has 0 fully saturated rings. The number of carbonyl (C=O) groups is 8. The van der Waals surface area contributed by atoms with Gasteiger partial charge in [-0.2, -0.15) is 0 Å². The van der Waals surface area contributed by atoms with Gasteiger partial charge in [0.15, 0.2) is 4.60 Å². The monoisotopic (exact) mass is 1870 g/mol. The van der Waals surface area contributed by atoms with E-state index in [4.69, 9.17) is 70.5 Å². The summed E-state index contributed by atoms with van der Waals surface area (Å²) in [7, 11) is 9.33. The summed E-state index contributed by atoms with van der Waals surface area (Å²) >= 11 is 30.5. The van der Waals surface area contributed by atoms with Crippen LogP contribution in [0.2, 0.25) is 20.6 Å². The summed E-state index contributed by atoms with van der Waals surface area (Å²) in [4.78, 5) is 132. The first kappa shape index (κ1) is 92.7. The lowest BCUT2D eigenvalue weighted by Crippen LogP contribution is -2.15. The van der Waals surface area contributed by atoms with Gasteiger partial charge in [0.25, 0.3) is 5.91 Å². The molecule has 43 heteroatoms. The van der Waals surface area contributed by atoms with Crippen molar-refractivity contribution in [1.29, 1.82) is 0 Å². The van der Waals surface area contributed by atoms with Crippen LogP contribution in [0.4, 0.5) is 5.69 Å². The Balaban J connectivity index is 0.000000179. The Labute approximate surface area is 731 Å². The number of nitrogens with zero attached hydrogens (tertiary/aromatic N) is 21. The number of carboxylic acid groups (broad SMARTS) is 1. The second-order valence-corrected chi connectivity index (χ2v) is 28.4. The summed E-state index contributed by atoms with van der Waals surface area (Å²) in [6, 6.07) is 30.0. The van der Waals surface area contributed by atoms with Crippen LogP contribution in [-0.4, -0.2) is 172 Å². The number of hydrogen-bond acceptors (Lipinski definition) is 31. The first-order valence-corrected chi connectivity index (χ1v) is 39.0. The van der Waals surface area contributed by atoms with Crippen molar-refractivity contribution in [2.75, 3.05) is 19.5 Å². The lowest BCUT2D eigenvalue weighted by molar-refractivity contribution is -0.148. The highest BCUT2D eigenvalue weighted by atomic mass is 79.9. The van der Waals surface area contributed by atoms with Gasteiger partial charge in [-0.15, -0.1) is 20.4 Å². The predicted molar refractivity (Wildman–Crippen MR) is 445 cm³/mol. The Bertz CT molecular complexity index is 5800. The Morgan fingerprint density at radius 2 is 0.705 bits per heavy atom. The molecule has 0 saturated heterocycles. The molecule has 13 aromatic heterocycles. The van der Waals surface area contributed by atoms with Crippen LogP contribution in [0.15, 0.2) is 180 Å². The highest BCUT2D eigenvalue weighted by Crippen LogP contribution is 2.31. The Kier molecular flexibility index (Phi) is 34.0. The molecule has 37 nitrogen and oxygen atoms in total. The van der Waals surface area contributed by atoms with E-state index in [0.29, 0.717) is 116 Å². The molecule has 0 unspecified atom stereocenters. The lowest BCUT2D eigenvalue weighted by Gasteiger charge is -2.14. The fourth-order valence-electron chi connectivity index (χ4n) is 10.8. The number of aryl methyl sites for hydroxylation is 4. The van der Waals surface area contributed by atoms with E-state index in [9.17, 15) is 38.4 Å². The number of esters is 6. The highest BCUT2D eigenvalue weighted by molar-refractivity contribution is 9.10. The Morgan fingerprint density at radius 3 is 1.00 bits per heavy atom. The number of aromatic carboxylic acids is 1. The second kappa shape index (κ2) is 44.7. The number of rotatable bonds is 24. The number of carbonyl (C=O) groups excluding carboxylic acids is 7. The van der Waals surface area contributed by atoms with E-state index in [1.807, 2.05) is 0 Å². The minimum Gasteiger partial charge on any atom is -0.478 e. The molecule has 0 aliphatic rings. The van der Waals surface area contributed by atoms with Gasteiger partial charge in [0, 0.05) is 118 Å². The smallest absolute Gasteiger partial charge is 0.339 e. The zero-order chi connectivity index (χ0) is 88.3. The molecule has 0 saturated carbocycles. The standard InChI is InChI=1S/C23H20ClN7O3.C19H18ClN5O4.C18H16ClN5O4.C12H12BrClN4O2.C7H6BrNO2/c1-14(17-4-3-9-26-22(17)24)34-20(32)12-19-21(29-30-31(19)2)18-6-5-15(13-27-18)23(33)28-16-7-10-25-11-8-16;1-11(13-5-4-8-21-18(13)20)29-16(26)9-15-17(23-24-25(15)2)14-7-6-12(10-22-14)19(27)28-3;1-10(12-4-3-7-20-17(12)19)28-15(25)8-14-16(22-23-24(14)2)13-6-5-11(9-21-13)18(26)27;1-7(8-4-3-5-15-12(8)14)20-10(19)6-9-11(13)16-17-18(9)2;1-11-7(10)5-2-3-6(8)9-4-5/h3-11,13-14H,12H2,1-2H3,(H,25,28,33);4-8,10-11H,9H2,1-3H3;3-7,9-10H,8H2,1-2H3,(H,26,27);3-5,7H,6H2,1-2H3;2-4H,1H3/t14-;11-;10-;7-;/m1111./s1. The van der Waals surface area contributed by atoms with E-state index in [1.54, 1.807) is 190 Å². The minimum absolute atomic E-state index is 0.0516. The van der Waals surface area contributed by atoms with Crippen LogP contribution in [0.3, 0.4) is 0 Å². The van der Waals surface area contributed by atoms with Gasteiger partial charge in [0.2, 0.25) is 0 Å². The number of methoxy groups -OCH3 is 2. The average molecular weight is 1870 g/mol. The molecule has 122 heavy (non-hydrogen) atoms. The number of pyridine rings is 9. The first-order chi connectivity index (χ1) is 58.4. The van der Waals surface area contributed by atoms with E-state index >= 15 is 0 Å². The summed E-state index contributed by atoms with van der Waals surface area (Å²) in [5.41, 5.74) is 9.08. The molecule has 0 aliphatic carbocycles.